The zero-order valence-electron chi connectivity index (χ0n) is 13.5. The third-order valence-electron chi connectivity index (χ3n) is 3.32. The summed E-state index contributed by atoms with van der Waals surface area (Å²) in [5, 5.41) is 0. The molecule has 0 atom stereocenters. The molecule has 0 N–H and O–H groups in total. The standard InChI is InChI=1S/C16H21F3N2O2/c1-4-8-20(9-5-2)14(23)10-21(11(3)22)13-7-6-12(17)15(18)16(13)19/h6-7H,4-5,8-10H2,1-3H3. The molecule has 1 rings (SSSR count). The zero-order valence-corrected chi connectivity index (χ0v) is 13.5. The Kier molecular flexibility index (Phi) is 7.06. The highest BCUT2D eigenvalue weighted by atomic mass is 19.2. The minimum absolute atomic E-state index is 0.368. The number of benzene rings is 1. The number of nitrogens with zero attached hydrogens (tertiary/aromatic N) is 2. The van der Waals surface area contributed by atoms with Gasteiger partial charge in [0.1, 0.15) is 6.54 Å². The second-order valence-electron chi connectivity index (χ2n) is 5.18. The maximum absolute atomic E-state index is 13.9. The predicted octanol–water partition coefficient (Wildman–Crippen LogP) is 3.11. The van der Waals surface area contributed by atoms with Crippen molar-refractivity contribution in [1.29, 1.82) is 0 Å². The van der Waals surface area contributed by atoms with Crippen molar-refractivity contribution in [2.75, 3.05) is 24.5 Å². The number of halogens is 3. The number of anilines is 1. The van der Waals surface area contributed by atoms with Crippen LogP contribution in [0, 0.1) is 17.5 Å². The van der Waals surface area contributed by atoms with Gasteiger partial charge in [0.25, 0.3) is 0 Å². The fourth-order valence-electron chi connectivity index (χ4n) is 2.23. The van der Waals surface area contributed by atoms with E-state index in [2.05, 4.69) is 0 Å². The van der Waals surface area contributed by atoms with E-state index in [9.17, 15) is 22.8 Å². The van der Waals surface area contributed by atoms with Crippen LogP contribution in [0.25, 0.3) is 0 Å². The van der Waals surface area contributed by atoms with E-state index in [-0.39, 0.29) is 5.91 Å². The first kappa shape index (κ1) is 19.0. The Balaban J connectivity index is 3.06. The first-order valence-corrected chi connectivity index (χ1v) is 7.52. The van der Waals surface area contributed by atoms with Gasteiger partial charge in [-0.05, 0) is 25.0 Å². The summed E-state index contributed by atoms with van der Waals surface area (Å²) in [7, 11) is 0. The van der Waals surface area contributed by atoms with Crippen LogP contribution in [0.1, 0.15) is 33.6 Å². The van der Waals surface area contributed by atoms with Crippen LogP contribution in [0.15, 0.2) is 12.1 Å². The lowest BCUT2D eigenvalue weighted by Crippen LogP contribution is -2.43. The molecule has 0 radical (unpaired) electrons. The molecule has 1 aromatic rings. The Labute approximate surface area is 133 Å². The molecule has 0 saturated heterocycles. The van der Waals surface area contributed by atoms with Crippen LogP contribution < -0.4 is 4.90 Å². The largest absolute Gasteiger partial charge is 0.341 e. The van der Waals surface area contributed by atoms with Crippen LogP contribution in [-0.4, -0.2) is 36.3 Å². The topological polar surface area (TPSA) is 40.6 Å². The molecule has 0 heterocycles. The highest BCUT2D eigenvalue weighted by Gasteiger charge is 2.24. The lowest BCUT2D eigenvalue weighted by atomic mass is 10.2. The third kappa shape index (κ3) is 4.71. The molecule has 2 amide bonds. The summed E-state index contributed by atoms with van der Waals surface area (Å²) in [4.78, 5) is 26.4. The van der Waals surface area contributed by atoms with E-state index < -0.39 is 35.6 Å². The summed E-state index contributed by atoms with van der Waals surface area (Å²) in [5.41, 5.74) is -0.447. The van der Waals surface area contributed by atoms with E-state index in [0.29, 0.717) is 13.1 Å². The van der Waals surface area contributed by atoms with Crippen LogP contribution in [0.5, 0.6) is 0 Å². The fraction of sp³-hybridized carbons (Fsp3) is 0.500. The number of amides is 2. The molecule has 0 fully saturated rings. The van der Waals surface area contributed by atoms with Crippen LogP contribution in [0.2, 0.25) is 0 Å². The van der Waals surface area contributed by atoms with Crippen molar-refractivity contribution >= 4 is 17.5 Å². The van der Waals surface area contributed by atoms with E-state index in [1.807, 2.05) is 13.8 Å². The molecule has 0 aliphatic rings. The molecular weight excluding hydrogens is 309 g/mol. The Morgan fingerprint density at radius 1 is 1.00 bits per heavy atom. The van der Waals surface area contributed by atoms with Crippen molar-refractivity contribution in [2.24, 2.45) is 0 Å². The third-order valence-corrected chi connectivity index (χ3v) is 3.32. The molecule has 128 valence electrons. The predicted molar refractivity (Wildman–Crippen MR) is 81.5 cm³/mol. The average molecular weight is 330 g/mol. The Morgan fingerprint density at radius 2 is 1.57 bits per heavy atom. The molecule has 0 aromatic heterocycles. The molecular formula is C16H21F3N2O2. The van der Waals surface area contributed by atoms with Crippen molar-refractivity contribution in [1.82, 2.24) is 4.90 Å². The minimum Gasteiger partial charge on any atom is -0.341 e. The maximum Gasteiger partial charge on any atom is 0.242 e. The summed E-state index contributed by atoms with van der Waals surface area (Å²) in [6.45, 7) is 5.56. The lowest BCUT2D eigenvalue weighted by molar-refractivity contribution is -0.131. The van der Waals surface area contributed by atoms with Crippen molar-refractivity contribution in [2.45, 2.75) is 33.6 Å². The molecule has 0 aliphatic heterocycles. The fourth-order valence-corrected chi connectivity index (χ4v) is 2.23. The van der Waals surface area contributed by atoms with Gasteiger partial charge in [0, 0.05) is 20.0 Å². The van der Waals surface area contributed by atoms with Gasteiger partial charge in [-0.1, -0.05) is 13.8 Å². The second-order valence-corrected chi connectivity index (χ2v) is 5.18. The van der Waals surface area contributed by atoms with Gasteiger partial charge in [-0.25, -0.2) is 13.2 Å². The van der Waals surface area contributed by atoms with Gasteiger partial charge < -0.3 is 9.80 Å². The van der Waals surface area contributed by atoms with E-state index in [1.165, 1.54) is 0 Å². The smallest absolute Gasteiger partial charge is 0.242 e. The summed E-state index contributed by atoms with van der Waals surface area (Å²) >= 11 is 0. The summed E-state index contributed by atoms with van der Waals surface area (Å²) < 4.78 is 40.3. The number of hydrogen-bond acceptors (Lipinski definition) is 2. The summed E-state index contributed by atoms with van der Waals surface area (Å²) in [6, 6.07) is 1.68. The lowest BCUT2D eigenvalue weighted by Gasteiger charge is -2.27. The molecule has 0 unspecified atom stereocenters. The quantitative estimate of drug-likeness (QED) is 0.721. The zero-order chi connectivity index (χ0) is 17.6. The molecule has 0 bridgehead atoms. The molecule has 1 aromatic carbocycles. The van der Waals surface area contributed by atoms with E-state index >= 15 is 0 Å². The van der Waals surface area contributed by atoms with Crippen molar-refractivity contribution < 1.29 is 22.8 Å². The van der Waals surface area contributed by atoms with Gasteiger partial charge >= 0.3 is 0 Å². The van der Waals surface area contributed by atoms with Gasteiger partial charge in [-0.3, -0.25) is 9.59 Å². The van der Waals surface area contributed by atoms with Crippen LogP contribution in [-0.2, 0) is 9.59 Å². The second kappa shape index (κ2) is 8.55. The van der Waals surface area contributed by atoms with E-state index in [0.717, 1.165) is 36.8 Å². The van der Waals surface area contributed by atoms with Crippen molar-refractivity contribution in [3.63, 3.8) is 0 Å². The Bertz CT molecular complexity index is 573. The molecule has 7 heteroatoms. The van der Waals surface area contributed by atoms with Crippen molar-refractivity contribution in [3.05, 3.63) is 29.6 Å². The van der Waals surface area contributed by atoms with Crippen LogP contribution in [0.4, 0.5) is 18.9 Å². The summed E-state index contributed by atoms with van der Waals surface area (Å²) in [5.74, 6) is -5.49. The SMILES string of the molecule is CCCN(CCC)C(=O)CN(C(C)=O)c1ccc(F)c(F)c1F. The van der Waals surface area contributed by atoms with Crippen LogP contribution >= 0.6 is 0 Å². The molecule has 0 saturated carbocycles. The number of carbonyl (C=O) groups excluding carboxylic acids is 2. The summed E-state index contributed by atoms with van der Waals surface area (Å²) in [6.07, 6.45) is 1.48. The van der Waals surface area contributed by atoms with E-state index in [4.69, 9.17) is 0 Å². The van der Waals surface area contributed by atoms with Crippen LogP contribution in [0.3, 0.4) is 0 Å². The van der Waals surface area contributed by atoms with Gasteiger partial charge in [0.2, 0.25) is 11.8 Å². The average Bonchev–Trinajstić information content (AvgIpc) is 2.50. The maximum atomic E-state index is 13.9. The number of hydrogen-bond donors (Lipinski definition) is 0. The van der Waals surface area contributed by atoms with Gasteiger partial charge in [0.15, 0.2) is 17.5 Å². The monoisotopic (exact) mass is 330 g/mol. The van der Waals surface area contributed by atoms with Crippen molar-refractivity contribution in [3.8, 4) is 0 Å². The van der Waals surface area contributed by atoms with Gasteiger partial charge in [-0.15, -0.1) is 0 Å². The number of carbonyl (C=O) groups is 2. The highest BCUT2D eigenvalue weighted by Crippen LogP contribution is 2.24. The molecule has 0 aliphatic carbocycles. The Hall–Kier alpha value is -2.05. The number of rotatable bonds is 7. The highest BCUT2D eigenvalue weighted by molar-refractivity contribution is 5.97. The Morgan fingerprint density at radius 3 is 2.04 bits per heavy atom. The molecule has 0 spiro atoms. The molecule has 23 heavy (non-hydrogen) atoms. The van der Waals surface area contributed by atoms with Gasteiger partial charge in [0.05, 0.1) is 5.69 Å². The first-order chi connectivity index (χ1) is 10.8. The minimum atomic E-state index is -1.67. The first-order valence-electron chi connectivity index (χ1n) is 7.52. The van der Waals surface area contributed by atoms with E-state index in [1.54, 1.807) is 4.90 Å². The molecule has 4 nitrogen and oxygen atoms in total. The van der Waals surface area contributed by atoms with Gasteiger partial charge in [-0.2, -0.15) is 0 Å². The normalized spacial score (nSPS) is 10.5.